The lowest BCUT2D eigenvalue weighted by Crippen LogP contribution is -1.98. The lowest BCUT2D eigenvalue weighted by Gasteiger charge is -2.10. The number of nitrogens with zero attached hydrogens (tertiary/aromatic N) is 4. The molecule has 0 unspecified atom stereocenters. The van der Waals surface area contributed by atoms with Crippen molar-refractivity contribution >= 4 is 5.78 Å². The fraction of sp³-hybridized carbons (Fsp3) is 0.312. The fourth-order valence-corrected chi connectivity index (χ4v) is 2.27. The van der Waals surface area contributed by atoms with Crippen LogP contribution in [0.3, 0.4) is 0 Å². The van der Waals surface area contributed by atoms with Crippen molar-refractivity contribution in [1.82, 2.24) is 19.6 Å². The molecule has 0 aliphatic rings. The predicted octanol–water partition coefficient (Wildman–Crippen LogP) is 2.93. The van der Waals surface area contributed by atoms with Crippen LogP contribution in [0.5, 0.6) is 11.5 Å². The molecule has 0 aliphatic heterocycles. The number of aromatic nitrogens is 4. The SMILES string of the molecule is COc1ccc(-c2ccnc3nc(C(C)C)nn23)cc1OC. The van der Waals surface area contributed by atoms with Crippen LogP contribution in [0.15, 0.2) is 30.5 Å². The topological polar surface area (TPSA) is 61.5 Å². The molecule has 6 nitrogen and oxygen atoms in total. The highest BCUT2D eigenvalue weighted by Crippen LogP contribution is 2.32. The minimum absolute atomic E-state index is 0.250. The van der Waals surface area contributed by atoms with Crippen molar-refractivity contribution in [3.05, 3.63) is 36.3 Å². The highest BCUT2D eigenvalue weighted by molar-refractivity contribution is 5.65. The van der Waals surface area contributed by atoms with Gasteiger partial charge in [0, 0.05) is 17.7 Å². The van der Waals surface area contributed by atoms with Gasteiger partial charge in [0.15, 0.2) is 17.3 Å². The van der Waals surface area contributed by atoms with Crippen molar-refractivity contribution in [3.8, 4) is 22.8 Å². The number of benzene rings is 1. The Morgan fingerprint density at radius 1 is 1.05 bits per heavy atom. The largest absolute Gasteiger partial charge is 0.493 e. The predicted molar refractivity (Wildman–Crippen MR) is 83.4 cm³/mol. The Labute approximate surface area is 128 Å². The van der Waals surface area contributed by atoms with Gasteiger partial charge in [-0.2, -0.15) is 9.50 Å². The van der Waals surface area contributed by atoms with E-state index in [9.17, 15) is 0 Å². The van der Waals surface area contributed by atoms with E-state index in [-0.39, 0.29) is 5.92 Å². The summed E-state index contributed by atoms with van der Waals surface area (Å²) >= 11 is 0. The number of rotatable bonds is 4. The van der Waals surface area contributed by atoms with Crippen molar-refractivity contribution in [3.63, 3.8) is 0 Å². The van der Waals surface area contributed by atoms with E-state index in [4.69, 9.17) is 9.47 Å². The van der Waals surface area contributed by atoms with Crippen LogP contribution in [-0.4, -0.2) is 33.8 Å². The molecule has 2 aromatic heterocycles. The standard InChI is InChI=1S/C16H18N4O2/c1-10(2)15-18-16-17-8-7-12(20(16)19-15)11-5-6-13(21-3)14(9-11)22-4/h5-10H,1-4H3. The molecule has 0 amide bonds. The van der Waals surface area contributed by atoms with Gasteiger partial charge in [-0.15, -0.1) is 5.10 Å². The maximum absolute atomic E-state index is 5.37. The first-order valence-electron chi connectivity index (χ1n) is 7.08. The van der Waals surface area contributed by atoms with E-state index >= 15 is 0 Å². The Morgan fingerprint density at radius 2 is 1.82 bits per heavy atom. The van der Waals surface area contributed by atoms with Crippen LogP contribution in [0, 0.1) is 0 Å². The fourth-order valence-electron chi connectivity index (χ4n) is 2.27. The smallest absolute Gasteiger partial charge is 0.252 e. The summed E-state index contributed by atoms with van der Waals surface area (Å²) in [6.45, 7) is 4.12. The molecule has 0 saturated heterocycles. The lowest BCUT2D eigenvalue weighted by molar-refractivity contribution is 0.355. The summed E-state index contributed by atoms with van der Waals surface area (Å²) in [5, 5.41) is 4.56. The summed E-state index contributed by atoms with van der Waals surface area (Å²) in [5.41, 5.74) is 1.87. The number of ether oxygens (including phenoxy) is 2. The molecule has 0 saturated carbocycles. The van der Waals surface area contributed by atoms with Gasteiger partial charge in [-0.25, -0.2) is 4.98 Å². The summed E-state index contributed by atoms with van der Waals surface area (Å²) < 4.78 is 12.4. The molecule has 0 atom stereocenters. The molecule has 0 bridgehead atoms. The third kappa shape index (κ3) is 2.36. The van der Waals surface area contributed by atoms with Gasteiger partial charge in [0.2, 0.25) is 0 Å². The first kappa shape index (κ1) is 14.3. The summed E-state index contributed by atoms with van der Waals surface area (Å²) in [6, 6.07) is 7.67. The normalized spacial score (nSPS) is 11.1. The minimum atomic E-state index is 0.250. The van der Waals surface area contributed by atoms with Gasteiger partial charge in [-0.3, -0.25) is 0 Å². The van der Waals surface area contributed by atoms with Crippen molar-refractivity contribution < 1.29 is 9.47 Å². The van der Waals surface area contributed by atoms with Gasteiger partial charge < -0.3 is 9.47 Å². The molecule has 1 aromatic carbocycles. The molecule has 6 heteroatoms. The average Bonchev–Trinajstić information content (AvgIpc) is 2.98. The average molecular weight is 298 g/mol. The third-order valence-electron chi connectivity index (χ3n) is 3.45. The number of fused-ring (bicyclic) bond motifs is 1. The van der Waals surface area contributed by atoms with E-state index in [0.717, 1.165) is 17.1 Å². The van der Waals surface area contributed by atoms with E-state index in [1.54, 1.807) is 24.9 Å². The Balaban J connectivity index is 2.17. The second-order valence-electron chi connectivity index (χ2n) is 5.24. The van der Waals surface area contributed by atoms with E-state index in [1.807, 2.05) is 24.3 Å². The lowest BCUT2D eigenvalue weighted by atomic mass is 10.1. The molecule has 2 heterocycles. The van der Waals surface area contributed by atoms with Crippen molar-refractivity contribution in [1.29, 1.82) is 0 Å². The van der Waals surface area contributed by atoms with Gasteiger partial charge in [0.25, 0.3) is 5.78 Å². The maximum Gasteiger partial charge on any atom is 0.252 e. The molecule has 0 aliphatic carbocycles. The molecule has 3 aromatic rings. The molecule has 0 spiro atoms. The van der Waals surface area contributed by atoms with Crippen LogP contribution >= 0.6 is 0 Å². The second-order valence-corrected chi connectivity index (χ2v) is 5.24. The Hall–Kier alpha value is -2.63. The van der Waals surface area contributed by atoms with E-state index < -0.39 is 0 Å². The first-order chi connectivity index (χ1) is 10.6. The molecular formula is C16H18N4O2. The van der Waals surface area contributed by atoms with Gasteiger partial charge in [-0.05, 0) is 24.3 Å². The Kier molecular flexibility index (Phi) is 3.66. The van der Waals surface area contributed by atoms with Gasteiger partial charge in [0.1, 0.15) is 0 Å². The van der Waals surface area contributed by atoms with Gasteiger partial charge in [-0.1, -0.05) is 13.8 Å². The van der Waals surface area contributed by atoms with Crippen LogP contribution in [0.25, 0.3) is 17.0 Å². The molecule has 114 valence electrons. The summed E-state index contributed by atoms with van der Waals surface area (Å²) in [4.78, 5) is 8.74. The van der Waals surface area contributed by atoms with E-state index in [0.29, 0.717) is 17.3 Å². The molecule has 0 fully saturated rings. The highest BCUT2D eigenvalue weighted by Gasteiger charge is 2.13. The Morgan fingerprint density at radius 3 is 2.50 bits per heavy atom. The van der Waals surface area contributed by atoms with E-state index in [1.165, 1.54) is 0 Å². The second kappa shape index (κ2) is 5.63. The monoisotopic (exact) mass is 298 g/mol. The van der Waals surface area contributed by atoms with Gasteiger partial charge >= 0.3 is 0 Å². The third-order valence-corrected chi connectivity index (χ3v) is 3.45. The Bertz CT molecular complexity index is 811. The minimum Gasteiger partial charge on any atom is -0.493 e. The zero-order valence-electron chi connectivity index (χ0n) is 13.1. The molecule has 3 rings (SSSR count). The van der Waals surface area contributed by atoms with Crippen LogP contribution in [0.2, 0.25) is 0 Å². The van der Waals surface area contributed by atoms with E-state index in [2.05, 4.69) is 28.9 Å². The zero-order valence-corrected chi connectivity index (χ0v) is 13.1. The summed E-state index contributed by atoms with van der Waals surface area (Å²) in [7, 11) is 3.24. The zero-order chi connectivity index (χ0) is 15.7. The molecular weight excluding hydrogens is 280 g/mol. The molecule has 22 heavy (non-hydrogen) atoms. The quantitative estimate of drug-likeness (QED) is 0.741. The number of methoxy groups -OCH3 is 2. The van der Waals surface area contributed by atoms with Crippen LogP contribution in [0.1, 0.15) is 25.6 Å². The molecule has 0 radical (unpaired) electrons. The number of hydrogen-bond acceptors (Lipinski definition) is 5. The van der Waals surface area contributed by atoms with Crippen molar-refractivity contribution in [2.75, 3.05) is 14.2 Å². The maximum atomic E-state index is 5.37. The first-order valence-corrected chi connectivity index (χ1v) is 7.08. The summed E-state index contributed by atoms with van der Waals surface area (Å²) in [6.07, 6.45) is 1.74. The van der Waals surface area contributed by atoms with Crippen molar-refractivity contribution in [2.24, 2.45) is 0 Å². The molecule has 0 N–H and O–H groups in total. The van der Waals surface area contributed by atoms with Crippen LogP contribution < -0.4 is 9.47 Å². The van der Waals surface area contributed by atoms with Crippen LogP contribution in [0.4, 0.5) is 0 Å². The summed E-state index contributed by atoms with van der Waals surface area (Å²) in [5.74, 6) is 2.99. The van der Waals surface area contributed by atoms with Crippen LogP contribution in [-0.2, 0) is 0 Å². The highest BCUT2D eigenvalue weighted by atomic mass is 16.5. The number of hydrogen-bond donors (Lipinski definition) is 0. The van der Waals surface area contributed by atoms with Gasteiger partial charge in [0.05, 0.1) is 19.9 Å². The van der Waals surface area contributed by atoms with Crippen molar-refractivity contribution in [2.45, 2.75) is 19.8 Å².